The van der Waals surface area contributed by atoms with Crippen molar-refractivity contribution in [3.05, 3.63) is 48.2 Å². The highest BCUT2D eigenvalue weighted by molar-refractivity contribution is 5.85. The highest BCUT2D eigenvalue weighted by Crippen LogP contribution is 2.19. The second-order valence-corrected chi connectivity index (χ2v) is 2.95. The molecule has 15 heavy (non-hydrogen) atoms. The van der Waals surface area contributed by atoms with Crippen molar-refractivity contribution in [2.75, 3.05) is 0 Å². The number of carbonyl (C=O) groups excluding carboxylic acids is 1. The standard InChI is InChI=1S/C11H7FN2O/c12-10-5-9(7-15)11(14-6-10)8-1-3-13-4-2-8/h1-7H. The minimum Gasteiger partial charge on any atom is -0.298 e. The molecule has 0 radical (unpaired) electrons. The first-order chi connectivity index (χ1) is 7.31. The molecule has 2 aromatic heterocycles. The number of hydrogen-bond acceptors (Lipinski definition) is 3. The third-order valence-electron chi connectivity index (χ3n) is 1.96. The highest BCUT2D eigenvalue weighted by atomic mass is 19.1. The van der Waals surface area contributed by atoms with Crippen LogP contribution in [-0.2, 0) is 0 Å². The molecule has 0 saturated heterocycles. The van der Waals surface area contributed by atoms with E-state index in [0.29, 0.717) is 12.0 Å². The van der Waals surface area contributed by atoms with E-state index in [1.54, 1.807) is 24.5 Å². The number of rotatable bonds is 2. The van der Waals surface area contributed by atoms with Gasteiger partial charge in [-0.05, 0) is 18.2 Å². The molecule has 0 aliphatic heterocycles. The lowest BCUT2D eigenvalue weighted by Gasteiger charge is -2.02. The number of pyridine rings is 2. The number of carbonyl (C=O) groups is 1. The van der Waals surface area contributed by atoms with Crippen LogP contribution >= 0.6 is 0 Å². The van der Waals surface area contributed by atoms with E-state index < -0.39 is 5.82 Å². The molecule has 0 unspecified atom stereocenters. The van der Waals surface area contributed by atoms with Gasteiger partial charge in [0, 0.05) is 23.5 Å². The Hall–Kier alpha value is -2.10. The monoisotopic (exact) mass is 202 g/mol. The zero-order chi connectivity index (χ0) is 10.7. The van der Waals surface area contributed by atoms with Crippen LogP contribution in [0.5, 0.6) is 0 Å². The second-order valence-electron chi connectivity index (χ2n) is 2.95. The fraction of sp³-hybridized carbons (Fsp3) is 0. The molecule has 2 rings (SSSR count). The third kappa shape index (κ3) is 1.88. The molecular formula is C11H7FN2O. The predicted octanol–water partition coefficient (Wildman–Crippen LogP) is 2.10. The van der Waals surface area contributed by atoms with Gasteiger partial charge in [-0.2, -0.15) is 0 Å². The summed E-state index contributed by atoms with van der Waals surface area (Å²) in [5, 5.41) is 0. The van der Waals surface area contributed by atoms with Crippen molar-refractivity contribution in [3.8, 4) is 11.3 Å². The van der Waals surface area contributed by atoms with Gasteiger partial charge in [0.15, 0.2) is 6.29 Å². The Morgan fingerprint density at radius 1 is 1.27 bits per heavy atom. The molecule has 0 aliphatic rings. The van der Waals surface area contributed by atoms with E-state index in [9.17, 15) is 9.18 Å². The maximum Gasteiger partial charge on any atom is 0.152 e. The first kappa shape index (κ1) is 9.45. The Morgan fingerprint density at radius 2 is 2.00 bits per heavy atom. The fourth-order valence-electron chi connectivity index (χ4n) is 1.30. The fourth-order valence-corrected chi connectivity index (χ4v) is 1.30. The Labute approximate surface area is 85.6 Å². The molecule has 2 heterocycles. The Balaban J connectivity index is 2.58. The Kier molecular flexibility index (Phi) is 2.49. The molecule has 4 heteroatoms. The smallest absolute Gasteiger partial charge is 0.152 e. The third-order valence-corrected chi connectivity index (χ3v) is 1.96. The largest absolute Gasteiger partial charge is 0.298 e. The van der Waals surface area contributed by atoms with Gasteiger partial charge in [-0.3, -0.25) is 14.8 Å². The van der Waals surface area contributed by atoms with Gasteiger partial charge < -0.3 is 0 Å². The van der Waals surface area contributed by atoms with Crippen LogP contribution in [0, 0.1) is 5.82 Å². The topological polar surface area (TPSA) is 42.9 Å². The van der Waals surface area contributed by atoms with E-state index in [1.807, 2.05) is 0 Å². The lowest BCUT2D eigenvalue weighted by atomic mass is 10.1. The second kappa shape index (κ2) is 3.96. The summed E-state index contributed by atoms with van der Waals surface area (Å²) in [6.45, 7) is 0. The summed E-state index contributed by atoms with van der Waals surface area (Å²) in [6, 6.07) is 4.59. The van der Waals surface area contributed by atoms with Crippen molar-refractivity contribution >= 4 is 6.29 Å². The molecule has 0 N–H and O–H groups in total. The molecule has 0 amide bonds. The van der Waals surface area contributed by atoms with Crippen molar-refractivity contribution in [1.29, 1.82) is 0 Å². The van der Waals surface area contributed by atoms with Gasteiger partial charge in [0.25, 0.3) is 0 Å². The van der Waals surface area contributed by atoms with Crippen LogP contribution in [0.1, 0.15) is 10.4 Å². The van der Waals surface area contributed by atoms with Crippen molar-refractivity contribution in [3.63, 3.8) is 0 Å². The van der Waals surface area contributed by atoms with Crippen LogP contribution in [0.4, 0.5) is 4.39 Å². The summed E-state index contributed by atoms with van der Waals surface area (Å²) in [5.41, 5.74) is 1.45. The molecule has 3 nitrogen and oxygen atoms in total. The molecule has 0 aliphatic carbocycles. The minimum absolute atomic E-state index is 0.237. The Bertz CT molecular complexity index is 485. The predicted molar refractivity (Wildman–Crippen MR) is 52.8 cm³/mol. The van der Waals surface area contributed by atoms with E-state index in [4.69, 9.17) is 0 Å². The molecule has 74 valence electrons. The Morgan fingerprint density at radius 3 is 2.67 bits per heavy atom. The number of hydrogen-bond donors (Lipinski definition) is 0. The lowest BCUT2D eigenvalue weighted by molar-refractivity contribution is 0.112. The number of halogens is 1. The van der Waals surface area contributed by atoms with Gasteiger partial charge in [-0.25, -0.2) is 4.39 Å². The first-order valence-corrected chi connectivity index (χ1v) is 4.32. The summed E-state index contributed by atoms with van der Waals surface area (Å²) in [5.74, 6) is -0.519. The maximum absolute atomic E-state index is 12.8. The molecule has 0 spiro atoms. The van der Waals surface area contributed by atoms with Crippen LogP contribution in [-0.4, -0.2) is 16.3 Å². The van der Waals surface area contributed by atoms with E-state index in [1.165, 1.54) is 0 Å². The van der Waals surface area contributed by atoms with Gasteiger partial charge >= 0.3 is 0 Å². The van der Waals surface area contributed by atoms with Gasteiger partial charge in [-0.1, -0.05) is 0 Å². The van der Waals surface area contributed by atoms with Crippen LogP contribution in [0.2, 0.25) is 0 Å². The molecule has 0 saturated carbocycles. The molecule has 2 aromatic rings. The normalized spacial score (nSPS) is 9.93. The van der Waals surface area contributed by atoms with Gasteiger partial charge in [0.2, 0.25) is 0 Å². The van der Waals surface area contributed by atoms with Gasteiger partial charge in [0.1, 0.15) is 5.82 Å². The van der Waals surface area contributed by atoms with E-state index >= 15 is 0 Å². The zero-order valence-electron chi connectivity index (χ0n) is 7.72. The summed E-state index contributed by atoms with van der Waals surface area (Å²) in [4.78, 5) is 18.5. The van der Waals surface area contributed by atoms with Crippen molar-refractivity contribution in [1.82, 2.24) is 9.97 Å². The van der Waals surface area contributed by atoms with Crippen molar-refractivity contribution in [2.45, 2.75) is 0 Å². The first-order valence-electron chi connectivity index (χ1n) is 4.32. The number of aromatic nitrogens is 2. The summed E-state index contributed by atoms with van der Waals surface area (Å²) in [6.07, 6.45) is 4.86. The summed E-state index contributed by atoms with van der Waals surface area (Å²) < 4.78 is 12.8. The molecule has 0 bridgehead atoms. The number of nitrogens with zero attached hydrogens (tertiary/aromatic N) is 2. The van der Waals surface area contributed by atoms with E-state index in [-0.39, 0.29) is 5.56 Å². The SMILES string of the molecule is O=Cc1cc(F)cnc1-c1ccncc1. The molecule has 0 fully saturated rings. The molecule has 0 atom stereocenters. The molecular weight excluding hydrogens is 195 g/mol. The van der Waals surface area contributed by atoms with Crippen LogP contribution < -0.4 is 0 Å². The van der Waals surface area contributed by atoms with E-state index in [2.05, 4.69) is 9.97 Å². The maximum atomic E-state index is 12.8. The summed E-state index contributed by atoms with van der Waals surface area (Å²) in [7, 11) is 0. The van der Waals surface area contributed by atoms with E-state index in [0.717, 1.165) is 17.8 Å². The summed E-state index contributed by atoms with van der Waals surface area (Å²) >= 11 is 0. The van der Waals surface area contributed by atoms with Gasteiger partial charge in [-0.15, -0.1) is 0 Å². The molecule has 0 aromatic carbocycles. The minimum atomic E-state index is -0.519. The average molecular weight is 202 g/mol. The lowest BCUT2D eigenvalue weighted by Crippen LogP contribution is -1.93. The van der Waals surface area contributed by atoms with Gasteiger partial charge in [0.05, 0.1) is 11.9 Å². The van der Waals surface area contributed by atoms with Crippen LogP contribution in [0.25, 0.3) is 11.3 Å². The van der Waals surface area contributed by atoms with Crippen molar-refractivity contribution in [2.24, 2.45) is 0 Å². The number of aldehydes is 1. The zero-order valence-corrected chi connectivity index (χ0v) is 7.72. The van der Waals surface area contributed by atoms with Crippen LogP contribution in [0.15, 0.2) is 36.8 Å². The quantitative estimate of drug-likeness (QED) is 0.700. The highest BCUT2D eigenvalue weighted by Gasteiger charge is 2.06. The van der Waals surface area contributed by atoms with Crippen LogP contribution in [0.3, 0.4) is 0 Å². The van der Waals surface area contributed by atoms with Crippen molar-refractivity contribution < 1.29 is 9.18 Å². The average Bonchev–Trinajstić information content (AvgIpc) is 2.30.